The predicted octanol–water partition coefficient (Wildman–Crippen LogP) is 0.300. The second-order valence-electron chi connectivity index (χ2n) is 3.77. The van der Waals surface area contributed by atoms with Gasteiger partial charge in [0.1, 0.15) is 0 Å². The quantitative estimate of drug-likeness (QED) is 0.520. The van der Waals surface area contributed by atoms with E-state index in [1.165, 1.54) is 32.5 Å². The number of likely N-dealkylation sites (N-methyl/N-ethyl adjacent to an activating group) is 1. The van der Waals surface area contributed by atoms with Crippen LogP contribution in [0.3, 0.4) is 0 Å². The molecule has 2 atom stereocenters. The van der Waals surface area contributed by atoms with Crippen LogP contribution in [0.25, 0.3) is 0 Å². The first-order valence-electron chi connectivity index (χ1n) is 4.26. The first kappa shape index (κ1) is 6.62. The van der Waals surface area contributed by atoms with Crippen LogP contribution in [0.5, 0.6) is 0 Å². The van der Waals surface area contributed by atoms with Crippen molar-refractivity contribution in [1.29, 1.82) is 0 Å². The highest BCUT2D eigenvalue weighted by Crippen LogP contribution is 2.19. The molecule has 0 saturated carbocycles. The molecular formula is C8H16N2. The number of hydrogen-bond acceptors (Lipinski definition) is 2. The molecule has 0 unspecified atom stereocenters. The van der Waals surface area contributed by atoms with E-state index in [0.29, 0.717) is 0 Å². The van der Waals surface area contributed by atoms with Crippen molar-refractivity contribution in [2.24, 2.45) is 5.92 Å². The number of rotatable bonds is 0. The lowest BCUT2D eigenvalue weighted by Gasteiger charge is -2.23. The van der Waals surface area contributed by atoms with Crippen molar-refractivity contribution < 1.29 is 0 Å². The van der Waals surface area contributed by atoms with E-state index in [1.807, 2.05) is 0 Å². The van der Waals surface area contributed by atoms with Crippen molar-refractivity contribution in [3.05, 3.63) is 0 Å². The Morgan fingerprint density at radius 1 is 1.30 bits per heavy atom. The maximum absolute atomic E-state index is 3.57. The Morgan fingerprint density at radius 2 is 2.20 bits per heavy atom. The van der Waals surface area contributed by atoms with E-state index in [4.69, 9.17) is 0 Å². The van der Waals surface area contributed by atoms with Gasteiger partial charge in [-0.1, -0.05) is 0 Å². The van der Waals surface area contributed by atoms with Gasteiger partial charge in [-0.2, -0.15) is 0 Å². The van der Waals surface area contributed by atoms with Gasteiger partial charge in [-0.25, -0.2) is 0 Å². The molecule has 3 aliphatic heterocycles. The second kappa shape index (κ2) is 2.51. The van der Waals surface area contributed by atoms with Crippen LogP contribution in [0.15, 0.2) is 0 Å². The highest BCUT2D eigenvalue weighted by molar-refractivity contribution is 4.85. The van der Waals surface area contributed by atoms with Gasteiger partial charge in [0.25, 0.3) is 0 Å². The number of nitrogens with zero attached hydrogens (tertiary/aromatic N) is 1. The molecule has 0 spiro atoms. The van der Waals surface area contributed by atoms with Gasteiger partial charge in [-0.15, -0.1) is 0 Å². The average molecular weight is 140 g/mol. The van der Waals surface area contributed by atoms with E-state index in [2.05, 4.69) is 17.3 Å². The van der Waals surface area contributed by atoms with Gasteiger partial charge in [0.15, 0.2) is 0 Å². The molecule has 10 heavy (non-hydrogen) atoms. The van der Waals surface area contributed by atoms with Gasteiger partial charge in [0.05, 0.1) is 0 Å². The second-order valence-corrected chi connectivity index (χ2v) is 3.77. The van der Waals surface area contributed by atoms with Gasteiger partial charge < -0.3 is 10.2 Å². The van der Waals surface area contributed by atoms with E-state index in [1.54, 1.807) is 0 Å². The molecule has 2 bridgehead atoms. The fraction of sp³-hybridized carbons (Fsp3) is 1.00. The smallest absolute Gasteiger partial charge is 0.0195 e. The summed E-state index contributed by atoms with van der Waals surface area (Å²) >= 11 is 0. The maximum Gasteiger partial charge on any atom is 0.0195 e. The van der Waals surface area contributed by atoms with Crippen molar-refractivity contribution >= 4 is 0 Å². The van der Waals surface area contributed by atoms with Crippen LogP contribution in [0.1, 0.15) is 12.8 Å². The third kappa shape index (κ3) is 1.18. The molecule has 0 radical (unpaired) electrons. The molecule has 0 aromatic carbocycles. The average Bonchev–Trinajstić information content (AvgIpc) is 2.17. The summed E-state index contributed by atoms with van der Waals surface area (Å²) < 4.78 is 0. The fourth-order valence-corrected chi connectivity index (χ4v) is 2.18. The molecule has 0 aliphatic carbocycles. The zero-order valence-electron chi connectivity index (χ0n) is 6.64. The molecule has 1 N–H and O–H groups in total. The topological polar surface area (TPSA) is 15.3 Å². The van der Waals surface area contributed by atoms with Crippen molar-refractivity contribution in [3.63, 3.8) is 0 Å². The van der Waals surface area contributed by atoms with Gasteiger partial charge in [-0.05, 0) is 32.4 Å². The molecule has 3 aliphatic rings. The zero-order chi connectivity index (χ0) is 6.97. The Labute approximate surface area is 62.6 Å². The summed E-state index contributed by atoms with van der Waals surface area (Å²) in [5, 5.41) is 3.57. The van der Waals surface area contributed by atoms with E-state index < -0.39 is 0 Å². The summed E-state index contributed by atoms with van der Waals surface area (Å²) in [6.07, 6.45) is 2.84. The van der Waals surface area contributed by atoms with Crippen molar-refractivity contribution in [2.45, 2.75) is 18.9 Å². The molecule has 3 fully saturated rings. The number of fused-ring (bicyclic) bond motifs is 4. The largest absolute Gasteiger partial charge is 0.312 e. The molecule has 58 valence electrons. The third-order valence-electron chi connectivity index (χ3n) is 2.72. The summed E-state index contributed by atoms with van der Waals surface area (Å²) in [7, 11) is 2.23. The maximum atomic E-state index is 3.57. The lowest BCUT2D eigenvalue weighted by molar-refractivity contribution is 0.320. The SMILES string of the molecule is CN1C[C@@H]2CC[C@@H](C1)NC2. The molecular weight excluding hydrogens is 124 g/mol. The van der Waals surface area contributed by atoms with Crippen molar-refractivity contribution in [1.82, 2.24) is 10.2 Å². The first-order valence-corrected chi connectivity index (χ1v) is 4.26. The highest BCUT2D eigenvalue weighted by atomic mass is 15.2. The van der Waals surface area contributed by atoms with Gasteiger partial charge >= 0.3 is 0 Å². The van der Waals surface area contributed by atoms with Crippen LogP contribution >= 0.6 is 0 Å². The third-order valence-corrected chi connectivity index (χ3v) is 2.72. The van der Waals surface area contributed by atoms with Gasteiger partial charge in [0, 0.05) is 19.1 Å². The molecule has 0 amide bonds. The molecule has 2 nitrogen and oxygen atoms in total. The summed E-state index contributed by atoms with van der Waals surface area (Å²) in [5.74, 6) is 0.934. The van der Waals surface area contributed by atoms with Crippen LogP contribution in [0, 0.1) is 5.92 Å². The normalized spacial score (nSPS) is 41.7. The van der Waals surface area contributed by atoms with Crippen LogP contribution < -0.4 is 5.32 Å². The number of hydrogen-bond donors (Lipinski definition) is 1. The van der Waals surface area contributed by atoms with Crippen LogP contribution in [0.2, 0.25) is 0 Å². The first-order chi connectivity index (χ1) is 4.84. The van der Waals surface area contributed by atoms with Gasteiger partial charge in [0.2, 0.25) is 0 Å². The summed E-state index contributed by atoms with van der Waals surface area (Å²) in [4.78, 5) is 2.46. The predicted molar refractivity (Wildman–Crippen MR) is 42.0 cm³/mol. The van der Waals surface area contributed by atoms with E-state index >= 15 is 0 Å². The molecule has 3 rings (SSSR count). The van der Waals surface area contributed by atoms with Crippen LogP contribution in [-0.4, -0.2) is 37.6 Å². The Bertz CT molecular complexity index is 102. The van der Waals surface area contributed by atoms with Crippen LogP contribution in [0.4, 0.5) is 0 Å². The van der Waals surface area contributed by atoms with Gasteiger partial charge in [-0.3, -0.25) is 0 Å². The Kier molecular flexibility index (Phi) is 1.66. The molecule has 2 heteroatoms. The molecule has 0 aromatic rings. The Morgan fingerprint density at radius 3 is 2.90 bits per heavy atom. The molecule has 0 aromatic heterocycles. The highest BCUT2D eigenvalue weighted by Gasteiger charge is 2.26. The number of nitrogens with one attached hydrogen (secondary N) is 1. The van der Waals surface area contributed by atoms with E-state index in [0.717, 1.165) is 12.0 Å². The van der Waals surface area contributed by atoms with Crippen LogP contribution in [-0.2, 0) is 0 Å². The van der Waals surface area contributed by atoms with Crippen molar-refractivity contribution in [2.75, 3.05) is 26.7 Å². The number of piperidine rings is 1. The summed E-state index contributed by atoms with van der Waals surface area (Å²) in [6, 6.07) is 0.795. The minimum atomic E-state index is 0.795. The zero-order valence-corrected chi connectivity index (χ0v) is 6.64. The minimum Gasteiger partial charge on any atom is -0.312 e. The Balaban J connectivity index is 2.05. The van der Waals surface area contributed by atoms with E-state index in [9.17, 15) is 0 Å². The monoisotopic (exact) mass is 140 g/mol. The lowest BCUT2D eigenvalue weighted by atomic mass is 9.97. The molecule has 3 saturated heterocycles. The fourth-order valence-electron chi connectivity index (χ4n) is 2.18. The standard InChI is InChI=1S/C8H16N2/c1-10-5-7-2-3-8(6-10)9-4-7/h7-9H,2-6H2,1H3/t7-,8+/m1/s1. The summed E-state index contributed by atoms with van der Waals surface area (Å²) in [5.41, 5.74) is 0. The minimum absolute atomic E-state index is 0.795. The summed E-state index contributed by atoms with van der Waals surface area (Å²) in [6.45, 7) is 3.83. The Hall–Kier alpha value is -0.0800. The van der Waals surface area contributed by atoms with Crippen molar-refractivity contribution in [3.8, 4) is 0 Å². The molecule has 3 heterocycles. The lowest BCUT2D eigenvalue weighted by Crippen LogP contribution is -2.38. The van der Waals surface area contributed by atoms with E-state index in [-0.39, 0.29) is 0 Å².